The van der Waals surface area contributed by atoms with Gasteiger partial charge in [0.1, 0.15) is 7.28 Å². The topological polar surface area (TPSA) is 0 Å². The van der Waals surface area contributed by atoms with Crippen LogP contribution < -0.4 is 0 Å². The predicted molar refractivity (Wildman–Crippen MR) is 63.2 cm³/mol. The molecule has 0 spiro atoms. The maximum Gasteiger partial charge on any atom is 0.127 e. The Morgan fingerprint density at radius 3 is 2.43 bits per heavy atom. The second-order valence-corrected chi connectivity index (χ2v) is 6.08. The van der Waals surface area contributed by atoms with Crippen LogP contribution in [0.2, 0.25) is 11.6 Å². The van der Waals surface area contributed by atoms with Crippen molar-refractivity contribution in [3.8, 4) is 0 Å². The maximum atomic E-state index is 1.61. The standard InChI is InChI=1S/C13H23B/c1-2-5-10(4-1)12-9-8-11-6-3-7-13(12)14-11/h10-14H,1-9H2. The Balaban J connectivity index is 1.67. The fourth-order valence-electron chi connectivity index (χ4n) is 4.65. The minimum atomic E-state index is 1.14. The Kier molecular flexibility index (Phi) is 2.60. The summed E-state index contributed by atoms with van der Waals surface area (Å²) in [7, 11) is 1.61. The first kappa shape index (κ1) is 9.30. The van der Waals surface area contributed by atoms with Gasteiger partial charge in [0.25, 0.3) is 0 Å². The third-order valence-corrected chi connectivity index (χ3v) is 5.34. The van der Waals surface area contributed by atoms with Crippen LogP contribution in [0.25, 0.3) is 0 Å². The van der Waals surface area contributed by atoms with Gasteiger partial charge in [0.05, 0.1) is 0 Å². The largest absolute Gasteiger partial charge is 0.127 e. The van der Waals surface area contributed by atoms with E-state index in [2.05, 4.69) is 0 Å². The summed E-state index contributed by atoms with van der Waals surface area (Å²) < 4.78 is 0. The molecule has 0 amide bonds. The lowest BCUT2D eigenvalue weighted by atomic mass is 9.40. The van der Waals surface area contributed by atoms with Gasteiger partial charge in [-0.25, -0.2) is 0 Å². The van der Waals surface area contributed by atoms with Gasteiger partial charge in [0.2, 0.25) is 0 Å². The van der Waals surface area contributed by atoms with Gasteiger partial charge >= 0.3 is 0 Å². The molecule has 0 aromatic heterocycles. The lowest BCUT2D eigenvalue weighted by Crippen LogP contribution is -2.32. The summed E-state index contributed by atoms with van der Waals surface area (Å²) in [4.78, 5) is 0. The van der Waals surface area contributed by atoms with Crippen molar-refractivity contribution in [2.45, 2.75) is 69.4 Å². The first-order valence-electron chi connectivity index (χ1n) is 6.93. The molecule has 2 aliphatic heterocycles. The molecule has 1 aliphatic carbocycles. The Hall–Kier alpha value is 0.0649. The van der Waals surface area contributed by atoms with Crippen molar-refractivity contribution in [1.29, 1.82) is 0 Å². The fraction of sp³-hybridized carbons (Fsp3) is 1.00. The number of fused-ring (bicyclic) bond motifs is 2. The molecule has 0 aromatic carbocycles. The van der Waals surface area contributed by atoms with Crippen LogP contribution in [0.4, 0.5) is 0 Å². The van der Waals surface area contributed by atoms with E-state index >= 15 is 0 Å². The zero-order chi connectivity index (χ0) is 9.38. The summed E-state index contributed by atoms with van der Waals surface area (Å²) in [6.45, 7) is 0. The number of rotatable bonds is 1. The minimum absolute atomic E-state index is 1.14. The van der Waals surface area contributed by atoms with Crippen molar-refractivity contribution in [1.82, 2.24) is 0 Å². The SMILES string of the molecule is B1C2CCCC1C(C1CCCC1)CC2. The van der Waals surface area contributed by atoms with Crippen LogP contribution in [-0.2, 0) is 0 Å². The first-order chi connectivity index (χ1) is 6.93. The van der Waals surface area contributed by atoms with E-state index in [0.29, 0.717) is 0 Å². The Labute approximate surface area is 89.1 Å². The quantitative estimate of drug-likeness (QED) is 0.552. The van der Waals surface area contributed by atoms with Crippen molar-refractivity contribution in [2.24, 2.45) is 11.8 Å². The average Bonchev–Trinajstić information content (AvgIpc) is 2.71. The van der Waals surface area contributed by atoms with E-state index in [4.69, 9.17) is 0 Å². The summed E-state index contributed by atoms with van der Waals surface area (Å²) in [5.74, 6) is 4.62. The molecular formula is C13H23B. The monoisotopic (exact) mass is 190 g/mol. The molecule has 3 atom stereocenters. The highest BCUT2D eigenvalue weighted by molar-refractivity contribution is 6.40. The minimum Gasteiger partial charge on any atom is -0.0654 e. The van der Waals surface area contributed by atoms with Gasteiger partial charge in [0, 0.05) is 0 Å². The van der Waals surface area contributed by atoms with Crippen LogP contribution in [0.15, 0.2) is 0 Å². The molecule has 0 radical (unpaired) electrons. The van der Waals surface area contributed by atoms with Crippen LogP contribution in [0.5, 0.6) is 0 Å². The summed E-state index contributed by atoms with van der Waals surface area (Å²) in [6, 6.07) is 0. The summed E-state index contributed by atoms with van der Waals surface area (Å²) in [5.41, 5.74) is 0. The molecule has 2 saturated heterocycles. The number of hydrogen-bond donors (Lipinski definition) is 0. The molecule has 3 fully saturated rings. The van der Waals surface area contributed by atoms with Gasteiger partial charge in [0.15, 0.2) is 0 Å². The average molecular weight is 190 g/mol. The number of hydrogen-bond acceptors (Lipinski definition) is 0. The van der Waals surface area contributed by atoms with E-state index in [0.717, 1.165) is 23.5 Å². The molecule has 1 saturated carbocycles. The molecule has 2 bridgehead atoms. The van der Waals surface area contributed by atoms with Gasteiger partial charge < -0.3 is 0 Å². The lowest BCUT2D eigenvalue weighted by Gasteiger charge is -2.42. The van der Waals surface area contributed by atoms with E-state index < -0.39 is 0 Å². The second kappa shape index (κ2) is 3.91. The highest BCUT2D eigenvalue weighted by Gasteiger charge is 2.38. The van der Waals surface area contributed by atoms with Gasteiger partial charge in [-0.2, -0.15) is 0 Å². The maximum absolute atomic E-state index is 1.61. The molecular weight excluding hydrogens is 167 g/mol. The Morgan fingerprint density at radius 1 is 0.714 bits per heavy atom. The predicted octanol–water partition coefficient (Wildman–Crippen LogP) is 3.78. The van der Waals surface area contributed by atoms with E-state index in [-0.39, 0.29) is 0 Å². The zero-order valence-corrected chi connectivity index (χ0v) is 9.38. The second-order valence-electron chi connectivity index (χ2n) is 6.08. The molecule has 0 N–H and O–H groups in total. The van der Waals surface area contributed by atoms with Crippen LogP contribution >= 0.6 is 0 Å². The summed E-state index contributed by atoms with van der Waals surface area (Å²) in [6.07, 6.45) is 14.1. The highest BCUT2D eigenvalue weighted by atomic mass is 14.4. The molecule has 3 unspecified atom stereocenters. The molecule has 78 valence electrons. The molecule has 3 rings (SSSR count). The van der Waals surface area contributed by atoms with Crippen LogP contribution in [0, 0.1) is 11.8 Å². The van der Waals surface area contributed by atoms with Gasteiger partial charge in [-0.05, 0) is 11.8 Å². The first-order valence-corrected chi connectivity index (χ1v) is 6.93. The third-order valence-electron chi connectivity index (χ3n) is 5.34. The lowest BCUT2D eigenvalue weighted by molar-refractivity contribution is 0.247. The van der Waals surface area contributed by atoms with Crippen LogP contribution in [0.3, 0.4) is 0 Å². The smallest absolute Gasteiger partial charge is 0.0654 e. The molecule has 2 heterocycles. The van der Waals surface area contributed by atoms with Crippen molar-refractivity contribution in [3.05, 3.63) is 0 Å². The van der Waals surface area contributed by atoms with Gasteiger partial charge in [-0.15, -0.1) is 0 Å². The van der Waals surface area contributed by atoms with Crippen molar-refractivity contribution in [2.75, 3.05) is 0 Å². The molecule has 1 heteroatoms. The highest BCUT2D eigenvalue weighted by Crippen LogP contribution is 2.50. The fourth-order valence-corrected chi connectivity index (χ4v) is 4.65. The van der Waals surface area contributed by atoms with Crippen LogP contribution in [-0.4, -0.2) is 7.28 Å². The summed E-state index contributed by atoms with van der Waals surface area (Å²) in [5, 5.41) is 0. The van der Waals surface area contributed by atoms with Crippen molar-refractivity contribution >= 4 is 7.28 Å². The van der Waals surface area contributed by atoms with E-state index in [9.17, 15) is 0 Å². The van der Waals surface area contributed by atoms with Gasteiger partial charge in [-0.1, -0.05) is 69.4 Å². The normalized spacial score (nSPS) is 43.6. The van der Waals surface area contributed by atoms with Crippen molar-refractivity contribution < 1.29 is 0 Å². The third kappa shape index (κ3) is 1.63. The Morgan fingerprint density at radius 2 is 1.57 bits per heavy atom. The molecule has 3 aliphatic rings. The van der Waals surface area contributed by atoms with Crippen LogP contribution in [0.1, 0.15) is 57.8 Å². The zero-order valence-electron chi connectivity index (χ0n) is 9.38. The van der Waals surface area contributed by atoms with Gasteiger partial charge in [-0.3, -0.25) is 0 Å². The Bertz CT molecular complexity index is 195. The molecule has 0 nitrogen and oxygen atoms in total. The van der Waals surface area contributed by atoms with E-state index in [1.807, 2.05) is 0 Å². The van der Waals surface area contributed by atoms with Crippen molar-refractivity contribution in [3.63, 3.8) is 0 Å². The van der Waals surface area contributed by atoms with E-state index in [1.54, 1.807) is 52.2 Å². The molecule has 14 heavy (non-hydrogen) atoms. The molecule has 0 aromatic rings. The summed E-state index contributed by atoms with van der Waals surface area (Å²) >= 11 is 0. The van der Waals surface area contributed by atoms with E-state index in [1.165, 1.54) is 12.8 Å².